The Morgan fingerprint density at radius 3 is 1.94 bits per heavy atom. The molecule has 0 saturated heterocycles. The zero-order chi connectivity index (χ0) is 24.3. The highest BCUT2D eigenvalue weighted by Gasteiger charge is 2.21. The fourth-order valence-corrected chi connectivity index (χ4v) is 3.89. The van der Waals surface area contributed by atoms with Gasteiger partial charge in [-0.15, -0.1) is 0 Å². The average Bonchev–Trinajstić information content (AvgIpc) is 2.83. The van der Waals surface area contributed by atoms with E-state index in [4.69, 9.17) is 5.11 Å². The molecule has 6 nitrogen and oxygen atoms in total. The Bertz CT molecular complexity index is 1080. The van der Waals surface area contributed by atoms with Crippen molar-refractivity contribution >= 4 is 17.8 Å². The smallest absolute Gasteiger partial charge is 0.322 e. The first kappa shape index (κ1) is 24.7. The molecule has 0 radical (unpaired) electrons. The van der Waals surface area contributed by atoms with Crippen LogP contribution in [0.2, 0.25) is 0 Å². The first-order valence-corrected chi connectivity index (χ1v) is 11.4. The van der Waals surface area contributed by atoms with Crippen molar-refractivity contribution in [2.45, 2.75) is 38.1 Å². The maximum absolute atomic E-state index is 12.7. The van der Waals surface area contributed by atoms with Crippen LogP contribution in [0.15, 0.2) is 84.9 Å². The van der Waals surface area contributed by atoms with E-state index in [9.17, 15) is 14.4 Å². The topological polar surface area (TPSA) is 95.5 Å². The zero-order valence-corrected chi connectivity index (χ0v) is 19.2. The number of rotatable bonds is 11. The Kier molecular flexibility index (Phi) is 8.97. The molecule has 6 heteroatoms. The molecule has 3 rings (SSSR count). The van der Waals surface area contributed by atoms with Crippen LogP contribution >= 0.6 is 0 Å². The molecule has 0 aliphatic carbocycles. The van der Waals surface area contributed by atoms with Crippen molar-refractivity contribution in [3.63, 3.8) is 0 Å². The highest BCUT2D eigenvalue weighted by molar-refractivity contribution is 5.87. The van der Waals surface area contributed by atoms with Crippen molar-refractivity contribution in [2.24, 2.45) is 0 Å². The number of carbonyl (C=O) groups is 3. The lowest BCUT2D eigenvalue weighted by molar-refractivity contribution is -0.138. The van der Waals surface area contributed by atoms with Crippen molar-refractivity contribution < 1.29 is 19.5 Å². The van der Waals surface area contributed by atoms with Gasteiger partial charge in [-0.2, -0.15) is 0 Å². The predicted octanol–water partition coefficient (Wildman–Crippen LogP) is 3.50. The van der Waals surface area contributed by atoms with E-state index < -0.39 is 18.4 Å². The van der Waals surface area contributed by atoms with E-state index >= 15 is 0 Å². The van der Waals surface area contributed by atoms with Crippen molar-refractivity contribution in [1.82, 2.24) is 10.6 Å². The van der Waals surface area contributed by atoms with Crippen LogP contribution in [0.1, 0.15) is 35.1 Å². The molecule has 0 bridgehead atoms. The van der Waals surface area contributed by atoms with E-state index in [2.05, 4.69) is 10.6 Å². The van der Waals surface area contributed by atoms with E-state index in [1.165, 1.54) is 5.56 Å². The molecule has 0 heterocycles. The average molecular weight is 459 g/mol. The molecule has 2 atom stereocenters. The number of nitrogens with one attached hydrogen (secondary N) is 2. The third kappa shape index (κ3) is 7.89. The number of aliphatic carboxylic acids is 1. The minimum absolute atomic E-state index is 0.0325. The Hall–Kier alpha value is -3.93. The molecule has 0 aliphatic rings. The van der Waals surface area contributed by atoms with Gasteiger partial charge in [0.1, 0.15) is 6.54 Å². The van der Waals surface area contributed by atoms with Gasteiger partial charge in [-0.1, -0.05) is 84.9 Å². The molecular formula is C28H30N2O4. The predicted molar refractivity (Wildman–Crippen MR) is 131 cm³/mol. The Labute approximate surface area is 200 Å². The molecule has 2 amide bonds. The number of hydrogen-bond donors (Lipinski definition) is 3. The second kappa shape index (κ2) is 12.3. The van der Waals surface area contributed by atoms with Crippen LogP contribution < -0.4 is 10.6 Å². The second-order valence-corrected chi connectivity index (χ2v) is 8.43. The summed E-state index contributed by atoms with van der Waals surface area (Å²) >= 11 is 0. The molecule has 0 fully saturated rings. The summed E-state index contributed by atoms with van der Waals surface area (Å²) in [5.41, 5.74) is 3.82. The molecule has 0 spiro atoms. The number of carboxylic acid groups (broad SMARTS) is 1. The number of carbonyl (C=O) groups excluding carboxylic acids is 2. The minimum Gasteiger partial charge on any atom is -0.480 e. The molecule has 2 unspecified atom stereocenters. The second-order valence-electron chi connectivity index (χ2n) is 8.43. The number of amides is 2. The van der Waals surface area contributed by atoms with Crippen LogP contribution in [0.5, 0.6) is 0 Å². The summed E-state index contributed by atoms with van der Waals surface area (Å²) < 4.78 is 0. The van der Waals surface area contributed by atoms with E-state index in [0.717, 1.165) is 23.1 Å². The lowest BCUT2D eigenvalue weighted by Gasteiger charge is -2.17. The molecule has 0 aromatic heterocycles. The minimum atomic E-state index is -1.08. The van der Waals surface area contributed by atoms with Crippen LogP contribution in [0.3, 0.4) is 0 Å². The lowest BCUT2D eigenvalue weighted by Crippen LogP contribution is -2.35. The van der Waals surface area contributed by atoms with Crippen LogP contribution in [0, 0.1) is 0 Å². The van der Waals surface area contributed by atoms with Crippen molar-refractivity contribution in [2.75, 3.05) is 6.54 Å². The normalized spacial score (nSPS) is 12.4. The quantitative estimate of drug-likeness (QED) is 0.410. The lowest BCUT2D eigenvalue weighted by atomic mass is 9.90. The number of benzene rings is 3. The summed E-state index contributed by atoms with van der Waals surface area (Å²) in [5, 5.41) is 14.4. The van der Waals surface area contributed by atoms with Gasteiger partial charge in [0.15, 0.2) is 0 Å². The van der Waals surface area contributed by atoms with Crippen molar-refractivity contribution in [3.8, 4) is 0 Å². The molecule has 176 valence electrons. The van der Waals surface area contributed by atoms with Gasteiger partial charge in [-0.05, 0) is 42.0 Å². The van der Waals surface area contributed by atoms with Gasteiger partial charge < -0.3 is 15.7 Å². The first-order chi connectivity index (χ1) is 16.4. The molecule has 3 aromatic rings. The molecule has 0 saturated carbocycles. The maximum atomic E-state index is 12.7. The summed E-state index contributed by atoms with van der Waals surface area (Å²) in [6.07, 6.45) is 1.48. The zero-order valence-electron chi connectivity index (χ0n) is 19.2. The SMILES string of the molecule is CC(Cc1ccccc1)NC(=O)Cc1ccc(CC(C(=O)NCC(=O)O)c2ccccc2)cc1. The van der Waals surface area contributed by atoms with Crippen molar-refractivity contribution in [3.05, 3.63) is 107 Å². The van der Waals surface area contributed by atoms with Crippen LogP contribution in [0.4, 0.5) is 0 Å². The van der Waals surface area contributed by atoms with E-state index in [-0.39, 0.29) is 24.3 Å². The Morgan fingerprint density at radius 2 is 1.32 bits per heavy atom. The molecule has 3 N–H and O–H groups in total. The van der Waals surface area contributed by atoms with Crippen LogP contribution in [-0.4, -0.2) is 35.5 Å². The van der Waals surface area contributed by atoms with E-state index in [0.29, 0.717) is 6.42 Å². The van der Waals surface area contributed by atoms with Gasteiger partial charge in [-0.3, -0.25) is 14.4 Å². The molecule has 34 heavy (non-hydrogen) atoms. The molecule has 3 aromatic carbocycles. The summed E-state index contributed by atoms with van der Waals surface area (Å²) in [7, 11) is 0. The third-order valence-electron chi connectivity index (χ3n) is 5.55. The number of hydrogen-bond acceptors (Lipinski definition) is 3. The third-order valence-corrected chi connectivity index (χ3v) is 5.55. The summed E-state index contributed by atoms with van der Waals surface area (Å²) in [5.74, 6) is -1.95. The molecule has 0 aliphatic heterocycles. The highest BCUT2D eigenvalue weighted by atomic mass is 16.4. The molecular weight excluding hydrogens is 428 g/mol. The fourth-order valence-electron chi connectivity index (χ4n) is 3.89. The summed E-state index contributed by atoms with van der Waals surface area (Å²) in [6, 6.07) is 27.0. The fraction of sp³-hybridized carbons (Fsp3) is 0.250. The number of carboxylic acids is 1. The van der Waals surface area contributed by atoms with Gasteiger partial charge in [0.05, 0.1) is 12.3 Å². The Balaban J connectivity index is 1.58. The highest BCUT2D eigenvalue weighted by Crippen LogP contribution is 2.22. The van der Waals surface area contributed by atoms with E-state index in [1.807, 2.05) is 91.9 Å². The summed E-state index contributed by atoms with van der Waals surface area (Å²) in [4.78, 5) is 36.0. The van der Waals surface area contributed by atoms with Crippen LogP contribution in [0.25, 0.3) is 0 Å². The monoisotopic (exact) mass is 458 g/mol. The van der Waals surface area contributed by atoms with Gasteiger partial charge in [0, 0.05) is 6.04 Å². The van der Waals surface area contributed by atoms with Crippen LogP contribution in [-0.2, 0) is 33.6 Å². The van der Waals surface area contributed by atoms with Gasteiger partial charge in [0.2, 0.25) is 11.8 Å². The van der Waals surface area contributed by atoms with Crippen molar-refractivity contribution in [1.29, 1.82) is 0 Å². The van der Waals surface area contributed by atoms with E-state index in [1.54, 1.807) is 0 Å². The van der Waals surface area contributed by atoms with Gasteiger partial charge in [-0.25, -0.2) is 0 Å². The largest absolute Gasteiger partial charge is 0.480 e. The maximum Gasteiger partial charge on any atom is 0.322 e. The summed E-state index contributed by atoms with van der Waals surface area (Å²) in [6.45, 7) is 1.58. The van der Waals surface area contributed by atoms with Gasteiger partial charge in [0.25, 0.3) is 0 Å². The standard InChI is InChI=1S/C28H30N2O4/c1-20(16-21-8-4-2-5-9-21)30-26(31)18-23-14-12-22(13-15-23)17-25(24-10-6-3-7-11-24)28(34)29-19-27(32)33/h2-15,20,25H,16-19H2,1H3,(H,29,34)(H,30,31)(H,32,33). The first-order valence-electron chi connectivity index (χ1n) is 11.4. The van der Waals surface area contributed by atoms with Gasteiger partial charge >= 0.3 is 5.97 Å². The Morgan fingerprint density at radius 1 is 0.765 bits per heavy atom.